The quantitative estimate of drug-likeness (QED) is 0.671. The van der Waals surface area contributed by atoms with Crippen LogP contribution in [0.2, 0.25) is 0 Å². The van der Waals surface area contributed by atoms with Gasteiger partial charge in [-0.15, -0.1) is 0 Å². The van der Waals surface area contributed by atoms with Gasteiger partial charge in [-0.05, 0) is 52.2 Å². The van der Waals surface area contributed by atoms with Gasteiger partial charge in [0.15, 0.2) is 0 Å². The van der Waals surface area contributed by atoms with Crippen LogP contribution in [-0.4, -0.2) is 27.9 Å². The van der Waals surface area contributed by atoms with Crippen molar-refractivity contribution in [2.45, 2.75) is 52.4 Å². The molecule has 2 aromatic carbocycles. The summed E-state index contributed by atoms with van der Waals surface area (Å²) in [5.41, 5.74) is 3.55. The number of hydrogen-bond donors (Lipinski definition) is 0. The molecule has 0 aliphatic carbocycles. The molecule has 0 bridgehead atoms. The average molecular weight is 348 g/mol. The fourth-order valence-electron chi connectivity index (χ4n) is 3.40. The number of hydrogen-bond acceptors (Lipinski definition) is 3. The van der Waals surface area contributed by atoms with E-state index in [9.17, 15) is 0 Å². The number of nitrogens with zero attached hydrogens (tertiary/aromatic N) is 2. The minimum Gasteiger partial charge on any atom is -0.399 e. The summed E-state index contributed by atoms with van der Waals surface area (Å²) in [5.74, 6) is 0.995. The van der Waals surface area contributed by atoms with Gasteiger partial charge in [-0.3, -0.25) is 0 Å². The molecule has 5 heteroatoms. The van der Waals surface area contributed by atoms with Crippen molar-refractivity contribution < 1.29 is 9.31 Å². The molecule has 134 valence electrons. The maximum absolute atomic E-state index is 6.19. The van der Waals surface area contributed by atoms with E-state index in [1.165, 1.54) is 0 Å². The van der Waals surface area contributed by atoms with Crippen molar-refractivity contribution in [1.82, 2.24) is 9.55 Å². The lowest BCUT2D eigenvalue weighted by Crippen LogP contribution is -2.41. The Bertz CT molecular complexity index is 931. The van der Waals surface area contributed by atoms with Gasteiger partial charge in [0.25, 0.3) is 0 Å². The Balaban J connectivity index is 1.77. The van der Waals surface area contributed by atoms with E-state index in [0.29, 0.717) is 0 Å². The van der Waals surface area contributed by atoms with Crippen molar-refractivity contribution in [2.75, 3.05) is 0 Å². The first-order valence-electron chi connectivity index (χ1n) is 9.23. The fourth-order valence-corrected chi connectivity index (χ4v) is 3.40. The number of rotatable bonds is 3. The maximum Gasteiger partial charge on any atom is 0.494 e. The van der Waals surface area contributed by atoms with Crippen molar-refractivity contribution in [3.05, 3.63) is 48.5 Å². The van der Waals surface area contributed by atoms with Gasteiger partial charge in [0, 0.05) is 12.1 Å². The topological polar surface area (TPSA) is 36.3 Å². The van der Waals surface area contributed by atoms with Gasteiger partial charge in [0.1, 0.15) is 5.82 Å². The van der Waals surface area contributed by atoms with E-state index >= 15 is 0 Å². The maximum atomic E-state index is 6.19. The van der Waals surface area contributed by atoms with Gasteiger partial charge in [-0.1, -0.05) is 36.4 Å². The van der Waals surface area contributed by atoms with Gasteiger partial charge < -0.3 is 13.9 Å². The van der Waals surface area contributed by atoms with Gasteiger partial charge in [0.05, 0.1) is 22.2 Å². The Kier molecular flexibility index (Phi) is 3.97. The number of aromatic nitrogens is 2. The molecule has 0 unspecified atom stereocenters. The van der Waals surface area contributed by atoms with Crippen LogP contribution in [0.3, 0.4) is 0 Å². The summed E-state index contributed by atoms with van der Waals surface area (Å²) < 4.78 is 14.6. The van der Waals surface area contributed by atoms with Crippen molar-refractivity contribution in [2.24, 2.45) is 0 Å². The molecule has 1 fully saturated rings. The van der Waals surface area contributed by atoms with Crippen LogP contribution in [0.4, 0.5) is 0 Å². The monoisotopic (exact) mass is 348 g/mol. The Labute approximate surface area is 155 Å². The summed E-state index contributed by atoms with van der Waals surface area (Å²) in [5, 5.41) is 0. The Morgan fingerprint density at radius 3 is 2.23 bits per heavy atom. The molecule has 0 spiro atoms. The first kappa shape index (κ1) is 17.3. The second kappa shape index (κ2) is 5.97. The highest BCUT2D eigenvalue weighted by atomic mass is 16.7. The molecule has 2 heterocycles. The van der Waals surface area contributed by atoms with Gasteiger partial charge in [0.2, 0.25) is 0 Å². The van der Waals surface area contributed by atoms with Crippen LogP contribution >= 0.6 is 0 Å². The standard InChI is InChI=1S/C21H25BN2O2/c1-6-24-18-13-12-16(22-25-20(2,3)21(4,5)26-22)14-17(18)23-19(24)15-10-8-7-9-11-15/h7-14H,6H2,1-5H3. The summed E-state index contributed by atoms with van der Waals surface area (Å²) in [6.07, 6.45) is 0. The SMILES string of the molecule is CCn1c(-c2ccccc2)nc2cc(B3OC(C)(C)C(C)(C)O3)ccc21. The minimum atomic E-state index is -0.364. The van der Waals surface area contributed by atoms with E-state index in [-0.39, 0.29) is 18.3 Å². The number of benzene rings is 2. The molecular weight excluding hydrogens is 323 g/mol. The van der Waals surface area contributed by atoms with Gasteiger partial charge in [-0.25, -0.2) is 4.98 Å². The molecule has 0 saturated carbocycles. The van der Waals surface area contributed by atoms with E-state index in [2.05, 4.69) is 69.5 Å². The Hall–Kier alpha value is -2.11. The van der Waals surface area contributed by atoms with E-state index in [1.54, 1.807) is 0 Å². The highest BCUT2D eigenvalue weighted by Crippen LogP contribution is 2.36. The third-order valence-corrected chi connectivity index (χ3v) is 5.65. The molecule has 1 aliphatic rings. The van der Waals surface area contributed by atoms with Crippen LogP contribution in [0.5, 0.6) is 0 Å². The van der Waals surface area contributed by atoms with Crippen LogP contribution in [-0.2, 0) is 15.9 Å². The average Bonchev–Trinajstić information content (AvgIpc) is 3.08. The molecule has 0 amide bonds. The Morgan fingerprint density at radius 2 is 1.62 bits per heavy atom. The zero-order chi connectivity index (χ0) is 18.5. The predicted molar refractivity (Wildman–Crippen MR) is 107 cm³/mol. The molecule has 3 aromatic rings. The predicted octanol–water partition coefficient (Wildman–Crippen LogP) is 4.02. The normalized spacial score (nSPS) is 18.6. The molecular formula is C21H25BN2O2. The summed E-state index contributed by atoms with van der Waals surface area (Å²) in [7, 11) is -0.364. The van der Waals surface area contributed by atoms with Crippen molar-refractivity contribution >= 4 is 23.6 Å². The van der Waals surface area contributed by atoms with Crippen LogP contribution in [0.15, 0.2) is 48.5 Å². The summed E-state index contributed by atoms with van der Waals surface area (Å²) in [6.45, 7) is 11.3. The van der Waals surface area contributed by atoms with Crippen LogP contribution < -0.4 is 5.46 Å². The van der Waals surface area contributed by atoms with Crippen molar-refractivity contribution in [1.29, 1.82) is 0 Å². The second-order valence-corrected chi connectivity index (χ2v) is 7.88. The molecule has 0 atom stereocenters. The minimum absolute atomic E-state index is 0.343. The van der Waals surface area contributed by atoms with E-state index in [4.69, 9.17) is 14.3 Å². The molecule has 0 N–H and O–H groups in total. The molecule has 1 aromatic heterocycles. The molecule has 1 aliphatic heterocycles. The fraction of sp³-hybridized carbons (Fsp3) is 0.381. The lowest BCUT2D eigenvalue weighted by Gasteiger charge is -2.32. The molecule has 0 radical (unpaired) electrons. The first-order valence-corrected chi connectivity index (χ1v) is 9.23. The van der Waals surface area contributed by atoms with Gasteiger partial charge >= 0.3 is 7.12 Å². The number of fused-ring (bicyclic) bond motifs is 1. The van der Waals surface area contributed by atoms with Crippen molar-refractivity contribution in [3.63, 3.8) is 0 Å². The van der Waals surface area contributed by atoms with Crippen LogP contribution in [0.25, 0.3) is 22.4 Å². The van der Waals surface area contributed by atoms with Crippen LogP contribution in [0.1, 0.15) is 34.6 Å². The lowest BCUT2D eigenvalue weighted by atomic mass is 9.79. The first-order chi connectivity index (χ1) is 12.3. The Morgan fingerprint density at radius 1 is 0.962 bits per heavy atom. The lowest BCUT2D eigenvalue weighted by molar-refractivity contribution is 0.00578. The zero-order valence-corrected chi connectivity index (χ0v) is 16.1. The number of aryl methyl sites for hydroxylation is 1. The second-order valence-electron chi connectivity index (χ2n) is 7.88. The van der Waals surface area contributed by atoms with Crippen LogP contribution in [0, 0.1) is 0 Å². The molecule has 4 nitrogen and oxygen atoms in total. The summed E-state index contributed by atoms with van der Waals surface area (Å²) >= 11 is 0. The highest BCUT2D eigenvalue weighted by Gasteiger charge is 2.51. The van der Waals surface area contributed by atoms with E-state index in [0.717, 1.165) is 34.4 Å². The third-order valence-electron chi connectivity index (χ3n) is 5.65. The largest absolute Gasteiger partial charge is 0.494 e. The van der Waals surface area contributed by atoms with E-state index in [1.807, 2.05) is 18.2 Å². The molecule has 4 rings (SSSR count). The van der Waals surface area contributed by atoms with Crippen molar-refractivity contribution in [3.8, 4) is 11.4 Å². The van der Waals surface area contributed by atoms with E-state index < -0.39 is 0 Å². The summed E-state index contributed by atoms with van der Waals surface area (Å²) in [6, 6.07) is 16.6. The molecule has 26 heavy (non-hydrogen) atoms. The van der Waals surface area contributed by atoms with Gasteiger partial charge in [-0.2, -0.15) is 0 Å². The summed E-state index contributed by atoms with van der Waals surface area (Å²) in [4.78, 5) is 4.91. The zero-order valence-electron chi connectivity index (χ0n) is 16.1. The highest BCUT2D eigenvalue weighted by molar-refractivity contribution is 6.62. The smallest absolute Gasteiger partial charge is 0.399 e. The number of imidazole rings is 1. The third kappa shape index (κ3) is 2.66. The molecule has 1 saturated heterocycles.